The van der Waals surface area contributed by atoms with Gasteiger partial charge in [-0.15, -0.1) is 0 Å². The minimum absolute atomic E-state index is 0.0943. The summed E-state index contributed by atoms with van der Waals surface area (Å²) >= 11 is 0. The number of amides is 1. The van der Waals surface area contributed by atoms with Crippen LogP contribution in [0.3, 0.4) is 0 Å². The zero-order valence-electron chi connectivity index (χ0n) is 16.0. The van der Waals surface area contributed by atoms with Crippen molar-refractivity contribution in [2.45, 2.75) is 32.4 Å². The highest BCUT2D eigenvalue weighted by molar-refractivity contribution is 5.81. The number of ether oxygens (including phenoxy) is 2. The lowest BCUT2D eigenvalue weighted by Crippen LogP contribution is -2.57. The van der Waals surface area contributed by atoms with Gasteiger partial charge >= 0.3 is 0 Å². The largest absolute Gasteiger partial charge is 0.493 e. The molecule has 6 heteroatoms. The molecule has 25 heavy (non-hydrogen) atoms. The first kappa shape index (κ1) is 19.5. The van der Waals surface area contributed by atoms with E-state index in [9.17, 15) is 4.79 Å². The normalized spacial score (nSPS) is 20.1. The van der Waals surface area contributed by atoms with Gasteiger partial charge in [-0.05, 0) is 45.0 Å². The lowest BCUT2D eigenvalue weighted by molar-refractivity contribution is -0.127. The number of likely N-dealkylation sites (N-methyl/N-ethyl adjacent to an activating group) is 1. The Morgan fingerprint density at radius 2 is 2.00 bits per heavy atom. The Balaban J connectivity index is 1.83. The van der Waals surface area contributed by atoms with Crippen LogP contribution < -0.4 is 14.8 Å². The van der Waals surface area contributed by atoms with Crippen LogP contribution in [0.1, 0.15) is 19.4 Å². The van der Waals surface area contributed by atoms with Crippen LogP contribution in [0.4, 0.5) is 0 Å². The van der Waals surface area contributed by atoms with Crippen molar-refractivity contribution in [1.82, 2.24) is 15.1 Å². The Labute approximate surface area is 151 Å². The SMILES string of the molecule is COc1ccc(CCNC(=O)[C@H](C)N2CCN(C)C[C@H]2C)cc1OC. The molecule has 1 aromatic carbocycles. The van der Waals surface area contributed by atoms with Gasteiger partial charge in [-0.1, -0.05) is 6.07 Å². The van der Waals surface area contributed by atoms with Gasteiger partial charge in [-0.2, -0.15) is 0 Å². The van der Waals surface area contributed by atoms with Gasteiger partial charge in [0.15, 0.2) is 11.5 Å². The van der Waals surface area contributed by atoms with E-state index in [1.807, 2.05) is 25.1 Å². The highest BCUT2D eigenvalue weighted by Crippen LogP contribution is 2.27. The number of hydrogen-bond acceptors (Lipinski definition) is 5. The van der Waals surface area contributed by atoms with Crippen molar-refractivity contribution in [3.8, 4) is 11.5 Å². The van der Waals surface area contributed by atoms with E-state index in [0.29, 0.717) is 24.1 Å². The molecule has 0 spiro atoms. The number of carbonyl (C=O) groups is 1. The van der Waals surface area contributed by atoms with Crippen LogP contribution in [0.15, 0.2) is 18.2 Å². The summed E-state index contributed by atoms with van der Waals surface area (Å²) in [5, 5.41) is 3.06. The van der Waals surface area contributed by atoms with E-state index in [0.717, 1.165) is 31.6 Å². The molecule has 0 unspecified atom stereocenters. The molecule has 1 amide bonds. The number of hydrogen-bond donors (Lipinski definition) is 1. The predicted octanol–water partition coefficient (Wildman–Crippen LogP) is 1.39. The van der Waals surface area contributed by atoms with Gasteiger partial charge in [0.05, 0.1) is 20.3 Å². The molecule has 0 bridgehead atoms. The molecule has 1 heterocycles. The van der Waals surface area contributed by atoms with E-state index in [1.165, 1.54) is 0 Å². The van der Waals surface area contributed by atoms with Gasteiger partial charge in [0.2, 0.25) is 5.91 Å². The Bertz CT molecular complexity index is 579. The van der Waals surface area contributed by atoms with Crippen molar-refractivity contribution in [2.24, 2.45) is 0 Å². The Hall–Kier alpha value is -1.79. The van der Waals surface area contributed by atoms with Gasteiger partial charge in [-0.3, -0.25) is 9.69 Å². The third-order valence-electron chi connectivity index (χ3n) is 4.92. The van der Waals surface area contributed by atoms with E-state index < -0.39 is 0 Å². The van der Waals surface area contributed by atoms with Gasteiger partial charge in [-0.25, -0.2) is 0 Å². The fraction of sp³-hybridized carbons (Fsp3) is 0.632. The zero-order valence-corrected chi connectivity index (χ0v) is 16.0. The van der Waals surface area contributed by atoms with Crippen LogP contribution in [0, 0.1) is 0 Å². The maximum atomic E-state index is 12.5. The highest BCUT2D eigenvalue weighted by atomic mass is 16.5. The third kappa shape index (κ3) is 5.09. The number of methoxy groups -OCH3 is 2. The molecule has 0 radical (unpaired) electrons. The third-order valence-corrected chi connectivity index (χ3v) is 4.92. The van der Waals surface area contributed by atoms with Crippen LogP contribution in [0.25, 0.3) is 0 Å². The van der Waals surface area contributed by atoms with Gasteiger partial charge < -0.3 is 19.7 Å². The molecule has 0 aliphatic carbocycles. The summed E-state index contributed by atoms with van der Waals surface area (Å²) in [6.45, 7) is 7.73. The molecule has 1 aliphatic heterocycles. The molecule has 140 valence electrons. The number of piperazine rings is 1. The van der Waals surface area contributed by atoms with Gasteiger partial charge in [0.1, 0.15) is 0 Å². The molecule has 2 rings (SSSR count). The number of nitrogens with one attached hydrogen (secondary N) is 1. The summed E-state index contributed by atoms with van der Waals surface area (Å²) in [7, 11) is 5.38. The second-order valence-electron chi connectivity index (χ2n) is 6.76. The van der Waals surface area contributed by atoms with Crippen LogP contribution in [0.2, 0.25) is 0 Å². The minimum atomic E-state index is -0.103. The van der Waals surface area contributed by atoms with Crippen LogP contribution in [-0.2, 0) is 11.2 Å². The molecule has 2 atom stereocenters. The minimum Gasteiger partial charge on any atom is -0.493 e. The summed E-state index contributed by atoms with van der Waals surface area (Å²) in [6, 6.07) is 6.14. The first-order chi connectivity index (χ1) is 12.0. The molecule has 1 saturated heterocycles. The molecular weight excluding hydrogens is 318 g/mol. The molecule has 1 aromatic rings. The van der Waals surface area contributed by atoms with Crippen molar-refractivity contribution in [2.75, 3.05) is 47.4 Å². The van der Waals surface area contributed by atoms with Crippen LogP contribution in [0.5, 0.6) is 11.5 Å². The quantitative estimate of drug-likeness (QED) is 0.806. The van der Waals surface area contributed by atoms with E-state index >= 15 is 0 Å². The predicted molar refractivity (Wildman–Crippen MR) is 99.4 cm³/mol. The maximum absolute atomic E-state index is 12.5. The van der Waals surface area contributed by atoms with Gasteiger partial charge in [0, 0.05) is 32.2 Å². The summed E-state index contributed by atoms with van der Waals surface area (Å²) in [5.41, 5.74) is 1.11. The lowest BCUT2D eigenvalue weighted by atomic mass is 10.1. The lowest BCUT2D eigenvalue weighted by Gasteiger charge is -2.41. The van der Waals surface area contributed by atoms with E-state index in [4.69, 9.17) is 9.47 Å². The monoisotopic (exact) mass is 349 g/mol. The number of nitrogens with zero attached hydrogens (tertiary/aromatic N) is 2. The smallest absolute Gasteiger partial charge is 0.237 e. The van der Waals surface area contributed by atoms with E-state index in [1.54, 1.807) is 14.2 Å². The second kappa shape index (κ2) is 9.06. The van der Waals surface area contributed by atoms with E-state index in [-0.39, 0.29) is 11.9 Å². The Kier molecular flexibility index (Phi) is 7.08. The molecule has 0 saturated carbocycles. The molecule has 1 aliphatic rings. The average molecular weight is 349 g/mol. The van der Waals surface area contributed by atoms with Crippen molar-refractivity contribution in [3.05, 3.63) is 23.8 Å². The number of rotatable bonds is 7. The fourth-order valence-electron chi connectivity index (χ4n) is 3.39. The maximum Gasteiger partial charge on any atom is 0.237 e. The Morgan fingerprint density at radius 1 is 1.28 bits per heavy atom. The number of benzene rings is 1. The summed E-state index contributed by atoms with van der Waals surface area (Å²) in [6.07, 6.45) is 0.761. The molecule has 1 N–H and O–H groups in total. The first-order valence-corrected chi connectivity index (χ1v) is 8.89. The molecule has 6 nitrogen and oxygen atoms in total. The second-order valence-corrected chi connectivity index (χ2v) is 6.76. The van der Waals surface area contributed by atoms with E-state index in [2.05, 4.69) is 29.1 Å². The van der Waals surface area contributed by atoms with Crippen LogP contribution in [-0.4, -0.2) is 75.2 Å². The molecule has 1 fully saturated rings. The molecule has 0 aromatic heterocycles. The summed E-state index contributed by atoms with van der Waals surface area (Å²) in [4.78, 5) is 17.1. The summed E-state index contributed by atoms with van der Waals surface area (Å²) in [5.74, 6) is 1.52. The zero-order chi connectivity index (χ0) is 18.4. The van der Waals surface area contributed by atoms with Crippen LogP contribution >= 0.6 is 0 Å². The topological polar surface area (TPSA) is 54.0 Å². The van der Waals surface area contributed by atoms with Crippen molar-refractivity contribution < 1.29 is 14.3 Å². The Morgan fingerprint density at radius 3 is 2.64 bits per heavy atom. The fourth-order valence-corrected chi connectivity index (χ4v) is 3.39. The molecular formula is C19H31N3O3. The average Bonchev–Trinajstić information content (AvgIpc) is 2.60. The highest BCUT2D eigenvalue weighted by Gasteiger charge is 2.29. The van der Waals surface area contributed by atoms with Crippen molar-refractivity contribution >= 4 is 5.91 Å². The number of carbonyl (C=O) groups excluding carboxylic acids is 1. The van der Waals surface area contributed by atoms with Crippen molar-refractivity contribution in [1.29, 1.82) is 0 Å². The first-order valence-electron chi connectivity index (χ1n) is 8.89. The summed E-state index contributed by atoms with van der Waals surface area (Å²) < 4.78 is 10.6. The standard InChI is InChI=1S/C19H31N3O3/c1-14-13-21(3)10-11-22(14)15(2)19(23)20-9-8-16-6-7-17(24-4)18(12-16)25-5/h6-7,12,14-15H,8-11,13H2,1-5H3,(H,20,23)/t14-,15+/m1/s1. The van der Waals surface area contributed by atoms with Crippen molar-refractivity contribution in [3.63, 3.8) is 0 Å². The van der Waals surface area contributed by atoms with Gasteiger partial charge in [0.25, 0.3) is 0 Å².